The zero-order valence-corrected chi connectivity index (χ0v) is 36.6. The molecule has 3 aromatic heterocycles. The monoisotopic (exact) mass is 788 g/mol. The highest BCUT2D eigenvalue weighted by Crippen LogP contribution is 2.38. The van der Waals surface area contributed by atoms with E-state index in [0.29, 0.717) is 56.2 Å². The predicted molar refractivity (Wildman–Crippen MR) is 224 cm³/mol. The van der Waals surface area contributed by atoms with E-state index in [0.717, 1.165) is 33.3 Å². The largest absolute Gasteiger partial charge is 0.598 e. The highest BCUT2D eigenvalue weighted by molar-refractivity contribution is 7.90. The number of carbonyl (C=O) groups excluding carboxylic acids is 1. The molecule has 0 unspecified atom stereocenters. The smallest absolute Gasteiger partial charge is 0.410 e. The van der Waals surface area contributed by atoms with Gasteiger partial charge >= 0.3 is 6.09 Å². The van der Waals surface area contributed by atoms with Crippen LogP contribution in [0.2, 0.25) is 18.1 Å². The molecule has 0 saturated carbocycles. The zero-order chi connectivity index (χ0) is 40.6. The molecule has 0 bridgehead atoms. The number of hydrogen-bond donors (Lipinski definition) is 2. The number of rotatable bonds is 11. The average Bonchev–Trinajstić information content (AvgIpc) is 3.53. The summed E-state index contributed by atoms with van der Waals surface area (Å²) in [5.41, 5.74) is 3.37. The first-order chi connectivity index (χ1) is 25.5. The van der Waals surface area contributed by atoms with Crippen molar-refractivity contribution in [2.24, 2.45) is 0 Å². The Morgan fingerprint density at radius 2 is 1.73 bits per heavy atom. The lowest BCUT2D eigenvalue weighted by Crippen LogP contribution is -2.51. The van der Waals surface area contributed by atoms with Crippen LogP contribution >= 0.6 is 0 Å². The minimum atomic E-state index is -2.00. The first-order valence-electron chi connectivity index (χ1n) is 19.2. The van der Waals surface area contributed by atoms with Gasteiger partial charge in [-0.05, 0) is 120 Å². The number of pyridine rings is 2. The molecule has 5 rings (SSSR count). The van der Waals surface area contributed by atoms with Gasteiger partial charge in [0.05, 0.1) is 35.4 Å². The van der Waals surface area contributed by atoms with Crippen molar-refractivity contribution in [3.8, 4) is 17.1 Å². The van der Waals surface area contributed by atoms with Gasteiger partial charge in [0.15, 0.2) is 19.9 Å². The number of benzene rings is 1. The molecule has 0 aliphatic carbocycles. The summed E-state index contributed by atoms with van der Waals surface area (Å²) in [5, 5.41) is 17.8. The van der Waals surface area contributed by atoms with E-state index < -0.39 is 35.8 Å². The molecule has 4 heterocycles. The van der Waals surface area contributed by atoms with Gasteiger partial charge in [0.2, 0.25) is 0 Å². The maximum Gasteiger partial charge on any atom is 0.410 e. The molecule has 298 valence electrons. The molecule has 0 fully saturated rings. The fourth-order valence-electron chi connectivity index (χ4n) is 5.99. The van der Waals surface area contributed by atoms with Gasteiger partial charge in [-0.1, -0.05) is 52.3 Å². The molecule has 1 aliphatic rings. The number of nitrogens with one attached hydrogen (secondary N) is 1. The average molecular weight is 789 g/mol. The van der Waals surface area contributed by atoms with Crippen LogP contribution in [0.4, 0.5) is 4.79 Å². The van der Waals surface area contributed by atoms with E-state index >= 15 is 0 Å². The van der Waals surface area contributed by atoms with Crippen LogP contribution in [0.15, 0.2) is 60.8 Å². The SMILES string of the molecule is CCC[C@@](O)(N[S@@+]([O-])C(C)(C)C)c1cccc(-c2cc(C3=CCN(C(=O)OC(C)(C)C)CC3)c3cnn(-c4cccc(CO[Si](C)(C)C(C)(C)C)n4)c3c2)n1. The summed E-state index contributed by atoms with van der Waals surface area (Å²) < 4.78 is 29.7. The third-order valence-electron chi connectivity index (χ3n) is 10.2. The van der Waals surface area contributed by atoms with Crippen LogP contribution in [0.3, 0.4) is 0 Å². The number of fused-ring (bicyclic) bond motifs is 1. The van der Waals surface area contributed by atoms with E-state index in [1.165, 1.54) is 0 Å². The van der Waals surface area contributed by atoms with Crippen molar-refractivity contribution in [1.29, 1.82) is 0 Å². The predicted octanol–water partition coefficient (Wildman–Crippen LogP) is 9.03. The van der Waals surface area contributed by atoms with Crippen molar-refractivity contribution in [2.75, 3.05) is 13.1 Å². The van der Waals surface area contributed by atoms with Crippen molar-refractivity contribution in [3.05, 3.63) is 77.8 Å². The molecule has 13 heteroatoms. The molecule has 0 radical (unpaired) electrons. The van der Waals surface area contributed by atoms with Crippen LogP contribution in [0.1, 0.15) is 105 Å². The molecule has 0 spiro atoms. The second-order valence-electron chi connectivity index (χ2n) is 18.0. The Balaban J connectivity index is 1.61. The highest BCUT2D eigenvalue weighted by atomic mass is 32.2. The van der Waals surface area contributed by atoms with Gasteiger partial charge < -0.3 is 23.7 Å². The van der Waals surface area contributed by atoms with Gasteiger partial charge in [0, 0.05) is 35.4 Å². The van der Waals surface area contributed by atoms with Gasteiger partial charge in [-0.2, -0.15) is 5.10 Å². The van der Waals surface area contributed by atoms with Crippen molar-refractivity contribution in [1.82, 2.24) is 29.4 Å². The highest BCUT2D eigenvalue weighted by Gasteiger charge is 2.40. The third-order valence-corrected chi connectivity index (χ3v) is 16.3. The standard InChI is InChI=1S/C42H60N6O5SSi/c1-13-22-42(50,46-54(51)40(5,6)7)36-18-15-17-34(45-36)30-25-32(29-20-23-47(24-21-29)38(49)53-39(2,3)4)33-27-43-48(35(33)26-30)37-19-14-16-31(44-37)28-52-55(11,12)41(8,9)10/h14-20,25-27,46,50H,13,21-24,28H2,1-12H3/t42-,54-/m0/s1. The number of aliphatic hydroxyl groups is 1. The number of nitrogens with zero attached hydrogens (tertiary/aromatic N) is 5. The Kier molecular flexibility index (Phi) is 12.5. The number of aromatic nitrogens is 4. The second-order valence-corrected chi connectivity index (χ2v) is 24.7. The summed E-state index contributed by atoms with van der Waals surface area (Å²) in [6.45, 7) is 25.7. The van der Waals surface area contributed by atoms with Gasteiger partial charge in [0.1, 0.15) is 10.3 Å². The Labute approximate surface area is 331 Å². The summed E-state index contributed by atoms with van der Waals surface area (Å²) in [5.74, 6) is 0.663. The molecule has 1 aromatic carbocycles. The first-order valence-corrected chi connectivity index (χ1v) is 23.3. The zero-order valence-electron chi connectivity index (χ0n) is 34.7. The van der Waals surface area contributed by atoms with Crippen LogP contribution in [0.5, 0.6) is 0 Å². The first kappa shape index (κ1) is 42.5. The van der Waals surface area contributed by atoms with Crippen LogP contribution in [-0.4, -0.2) is 72.2 Å². The fourth-order valence-corrected chi connectivity index (χ4v) is 7.75. The van der Waals surface area contributed by atoms with Gasteiger partial charge in [-0.25, -0.2) is 19.4 Å². The Hall–Kier alpha value is -3.59. The van der Waals surface area contributed by atoms with Crippen molar-refractivity contribution in [3.63, 3.8) is 0 Å². The van der Waals surface area contributed by atoms with Crippen molar-refractivity contribution in [2.45, 2.75) is 129 Å². The molecule has 1 aliphatic heterocycles. The molecule has 0 saturated heterocycles. The number of ether oxygens (including phenoxy) is 1. The Morgan fingerprint density at radius 3 is 2.35 bits per heavy atom. The molecule has 1 amide bonds. The van der Waals surface area contributed by atoms with Crippen LogP contribution in [0, 0.1) is 0 Å². The Bertz CT molecular complexity index is 2030. The minimum Gasteiger partial charge on any atom is -0.598 e. The van der Waals surface area contributed by atoms with E-state index in [-0.39, 0.29) is 11.1 Å². The molecule has 2 N–H and O–H groups in total. The van der Waals surface area contributed by atoms with Crippen LogP contribution in [0.25, 0.3) is 33.6 Å². The quantitative estimate of drug-likeness (QED) is 0.0867. The van der Waals surface area contributed by atoms with Gasteiger partial charge in [0.25, 0.3) is 0 Å². The molecule has 4 aromatic rings. The molecule has 55 heavy (non-hydrogen) atoms. The van der Waals surface area contributed by atoms with E-state index in [9.17, 15) is 14.5 Å². The van der Waals surface area contributed by atoms with Crippen molar-refractivity contribution >= 4 is 42.2 Å². The molecule has 11 nitrogen and oxygen atoms in total. The number of carbonyl (C=O) groups is 1. The van der Waals surface area contributed by atoms with Crippen LogP contribution < -0.4 is 4.72 Å². The van der Waals surface area contributed by atoms with Crippen LogP contribution in [-0.2, 0) is 32.9 Å². The summed E-state index contributed by atoms with van der Waals surface area (Å²) in [7, 11) is -2.00. The van der Waals surface area contributed by atoms with E-state index in [2.05, 4.69) is 56.8 Å². The van der Waals surface area contributed by atoms with E-state index in [1.807, 2.05) is 89.7 Å². The lowest BCUT2D eigenvalue weighted by molar-refractivity contribution is 0.0100. The normalized spacial score (nSPS) is 16.2. The fraction of sp³-hybridized carbons (Fsp3) is 0.524. The second kappa shape index (κ2) is 16.1. The van der Waals surface area contributed by atoms with Crippen molar-refractivity contribution < 1.29 is 23.6 Å². The van der Waals surface area contributed by atoms with E-state index in [4.69, 9.17) is 24.2 Å². The summed E-state index contributed by atoms with van der Waals surface area (Å²) >= 11 is -1.54. The third kappa shape index (κ3) is 10.1. The maximum absolute atomic E-state index is 13.2. The molecular formula is C42H60N6O5SSi. The molecule has 2 atom stereocenters. The van der Waals surface area contributed by atoms with E-state index in [1.54, 1.807) is 11.0 Å². The molecular weight excluding hydrogens is 729 g/mol. The number of hydrogen-bond acceptors (Lipinski definition) is 9. The topological polar surface area (TPSA) is 138 Å². The summed E-state index contributed by atoms with van der Waals surface area (Å²) in [6.07, 6.45) is 5.20. The summed E-state index contributed by atoms with van der Waals surface area (Å²) in [6, 6.07) is 15.6. The summed E-state index contributed by atoms with van der Waals surface area (Å²) in [4.78, 5) is 24.7. The minimum absolute atomic E-state index is 0.0740. The van der Waals surface area contributed by atoms with Gasteiger partial charge in [-0.15, -0.1) is 4.72 Å². The lowest BCUT2D eigenvalue weighted by atomic mass is 9.93. The lowest BCUT2D eigenvalue weighted by Gasteiger charge is -2.36. The van der Waals surface area contributed by atoms with Gasteiger partial charge in [-0.3, -0.25) is 0 Å². The maximum atomic E-state index is 13.2. The Morgan fingerprint density at radius 1 is 1.02 bits per heavy atom. The number of amides is 1.